The lowest BCUT2D eigenvalue weighted by Crippen LogP contribution is -2.43. The summed E-state index contributed by atoms with van der Waals surface area (Å²) in [5, 5.41) is 3.50. The molecule has 1 saturated carbocycles. The van der Waals surface area contributed by atoms with Crippen molar-refractivity contribution < 1.29 is 9.59 Å². The first-order valence-electron chi connectivity index (χ1n) is 9.94. The average molecular weight is 410 g/mol. The first kappa shape index (κ1) is 19.6. The lowest BCUT2D eigenvalue weighted by molar-refractivity contribution is -0.124. The molecule has 0 unspecified atom stereocenters. The minimum absolute atomic E-state index is 0.0297. The number of benzene rings is 2. The van der Waals surface area contributed by atoms with Gasteiger partial charge in [-0.15, -0.1) is 0 Å². The summed E-state index contributed by atoms with van der Waals surface area (Å²) >= 11 is 6.17. The second kappa shape index (κ2) is 7.99. The van der Waals surface area contributed by atoms with Crippen LogP contribution in [0, 0.1) is 19.8 Å². The fraction of sp³-hybridized carbons (Fsp3) is 0.348. The summed E-state index contributed by atoms with van der Waals surface area (Å²) in [4.78, 5) is 32.4. The maximum Gasteiger partial charge on any atom is 0.240 e. The molecule has 0 bridgehead atoms. The summed E-state index contributed by atoms with van der Waals surface area (Å²) < 4.78 is 0. The Balaban J connectivity index is 1.59. The average Bonchev–Trinajstić information content (AvgIpc) is 3.12. The Morgan fingerprint density at radius 2 is 2.00 bits per heavy atom. The van der Waals surface area contributed by atoms with E-state index in [1.807, 2.05) is 44.2 Å². The van der Waals surface area contributed by atoms with Crippen LogP contribution in [0.4, 0.5) is 11.4 Å². The second-order valence-electron chi connectivity index (χ2n) is 7.77. The number of aliphatic imine (C=N–C) groups is 1. The molecule has 0 saturated heterocycles. The van der Waals surface area contributed by atoms with Gasteiger partial charge in [0.15, 0.2) is 0 Å². The van der Waals surface area contributed by atoms with E-state index in [-0.39, 0.29) is 24.3 Å². The van der Waals surface area contributed by atoms with Gasteiger partial charge < -0.3 is 10.2 Å². The fourth-order valence-corrected chi connectivity index (χ4v) is 4.18. The van der Waals surface area contributed by atoms with Gasteiger partial charge in [-0.3, -0.25) is 14.6 Å². The third-order valence-electron chi connectivity index (χ3n) is 5.77. The number of rotatable bonds is 4. The summed E-state index contributed by atoms with van der Waals surface area (Å²) in [6.07, 6.45) is 2.60. The summed E-state index contributed by atoms with van der Waals surface area (Å²) in [6.45, 7) is 4.34. The van der Waals surface area contributed by atoms with Crippen molar-refractivity contribution in [2.45, 2.75) is 39.7 Å². The van der Waals surface area contributed by atoms with E-state index >= 15 is 0 Å². The Morgan fingerprint density at radius 1 is 1.24 bits per heavy atom. The zero-order chi connectivity index (χ0) is 20.5. The van der Waals surface area contributed by atoms with Crippen LogP contribution in [-0.2, 0) is 16.1 Å². The number of aryl methyl sites for hydroxylation is 2. The number of hydrogen-bond acceptors (Lipinski definition) is 3. The molecule has 1 aliphatic carbocycles. The highest BCUT2D eigenvalue weighted by molar-refractivity contribution is 6.31. The van der Waals surface area contributed by atoms with Crippen LogP contribution in [0.1, 0.15) is 36.0 Å². The Labute approximate surface area is 175 Å². The van der Waals surface area contributed by atoms with Gasteiger partial charge in [0.05, 0.1) is 17.3 Å². The van der Waals surface area contributed by atoms with Gasteiger partial charge in [-0.25, -0.2) is 0 Å². The number of nitrogens with one attached hydrogen (secondary N) is 1. The zero-order valence-electron chi connectivity index (χ0n) is 16.7. The number of nitrogens with zero attached hydrogens (tertiary/aromatic N) is 2. The van der Waals surface area contributed by atoms with Crippen molar-refractivity contribution in [3.05, 3.63) is 58.1 Å². The molecule has 6 heteroatoms. The molecule has 1 atom stereocenters. The van der Waals surface area contributed by atoms with Crippen LogP contribution >= 0.6 is 11.6 Å². The van der Waals surface area contributed by atoms with Gasteiger partial charge in [0, 0.05) is 17.3 Å². The van der Waals surface area contributed by atoms with E-state index in [9.17, 15) is 9.59 Å². The highest BCUT2D eigenvalue weighted by atomic mass is 35.5. The molecule has 2 aliphatic rings. The van der Waals surface area contributed by atoms with Gasteiger partial charge in [-0.1, -0.05) is 29.8 Å². The van der Waals surface area contributed by atoms with E-state index in [2.05, 4.69) is 5.32 Å². The van der Waals surface area contributed by atoms with Gasteiger partial charge in [0.1, 0.15) is 6.54 Å². The molecule has 1 heterocycles. The Bertz CT molecular complexity index is 1020. The van der Waals surface area contributed by atoms with Crippen molar-refractivity contribution in [1.82, 2.24) is 5.32 Å². The topological polar surface area (TPSA) is 61.8 Å². The highest BCUT2D eigenvalue weighted by Crippen LogP contribution is 2.39. The maximum atomic E-state index is 13.3. The van der Waals surface area contributed by atoms with Crippen LogP contribution in [-0.4, -0.2) is 24.1 Å². The normalized spacial score (nSPS) is 18.0. The number of amides is 2. The largest absolute Gasteiger partial charge is 0.350 e. The van der Waals surface area contributed by atoms with Crippen molar-refractivity contribution in [3.8, 4) is 0 Å². The van der Waals surface area contributed by atoms with Crippen molar-refractivity contribution in [1.29, 1.82) is 0 Å². The van der Waals surface area contributed by atoms with Crippen molar-refractivity contribution in [2.75, 3.05) is 11.4 Å². The third-order valence-corrected chi connectivity index (χ3v) is 6.14. The first-order valence-corrected chi connectivity index (χ1v) is 10.3. The van der Waals surface area contributed by atoms with E-state index in [1.54, 1.807) is 11.0 Å². The van der Waals surface area contributed by atoms with Crippen LogP contribution in [0.15, 0.2) is 41.4 Å². The van der Waals surface area contributed by atoms with E-state index in [0.29, 0.717) is 17.3 Å². The molecule has 4 rings (SSSR count). The number of carbonyl (C=O) groups is 2. The SMILES string of the molecule is Cc1cc2c(cc1C)N(CC(=O)NCc1ccccc1Cl)C(=O)[C@@H]1CCCC1=N2. The predicted octanol–water partition coefficient (Wildman–Crippen LogP) is 4.49. The van der Waals surface area contributed by atoms with Crippen molar-refractivity contribution in [3.63, 3.8) is 0 Å². The molecular weight excluding hydrogens is 386 g/mol. The molecule has 0 spiro atoms. The summed E-state index contributed by atoms with van der Waals surface area (Å²) in [7, 11) is 0. The predicted molar refractivity (Wildman–Crippen MR) is 116 cm³/mol. The third kappa shape index (κ3) is 3.92. The minimum atomic E-state index is -0.223. The van der Waals surface area contributed by atoms with E-state index in [0.717, 1.165) is 47.4 Å². The molecule has 29 heavy (non-hydrogen) atoms. The lowest BCUT2D eigenvalue weighted by atomic mass is 10.0. The van der Waals surface area contributed by atoms with E-state index in [4.69, 9.17) is 16.6 Å². The number of anilines is 1. The van der Waals surface area contributed by atoms with Gasteiger partial charge >= 0.3 is 0 Å². The Kier molecular flexibility index (Phi) is 5.41. The number of carbonyl (C=O) groups excluding carboxylic acids is 2. The van der Waals surface area contributed by atoms with Crippen molar-refractivity contribution in [2.24, 2.45) is 10.9 Å². The molecule has 0 aromatic heterocycles. The molecule has 2 aromatic rings. The van der Waals surface area contributed by atoms with E-state index < -0.39 is 0 Å². The van der Waals surface area contributed by atoms with Gasteiger partial charge in [0.25, 0.3) is 0 Å². The van der Waals surface area contributed by atoms with Crippen LogP contribution in [0.2, 0.25) is 5.02 Å². The van der Waals surface area contributed by atoms with Gasteiger partial charge in [-0.2, -0.15) is 0 Å². The number of halogens is 1. The monoisotopic (exact) mass is 409 g/mol. The molecule has 0 radical (unpaired) electrons. The minimum Gasteiger partial charge on any atom is -0.350 e. The molecular formula is C23H24ClN3O2. The molecule has 2 amide bonds. The van der Waals surface area contributed by atoms with Gasteiger partial charge in [-0.05, 0) is 68.0 Å². The summed E-state index contributed by atoms with van der Waals surface area (Å²) in [5.74, 6) is -0.473. The lowest BCUT2D eigenvalue weighted by Gasteiger charge is -2.25. The Morgan fingerprint density at radius 3 is 2.79 bits per heavy atom. The zero-order valence-corrected chi connectivity index (χ0v) is 17.4. The Hall–Kier alpha value is -2.66. The summed E-state index contributed by atoms with van der Waals surface area (Å²) in [5.41, 5.74) is 5.48. The summed E-state index contributed by atoms with van der Waals surface area (Å²) in [6, 6.07) is 11.4. The van der Waals surface area contributed by atoms with Crippen LogP contribution < -0.4 is 10.2 Å². The van der Waals surface area contributed by atoms with Crippen molar-refractivity contribution >= 4 is 40.5 Å². The molecule has 5 nitrogen and oxygen atoms in total. The highest BCUT2D eigenvalue weighted by Gasteiger charge is 2.37. The van der Waals surface area contributed by atoms with Crippen LogP contribution in [0.5, 0.6) is 0 Å². The quantitative estimate of drug-likeness (QED) is 0.808. The molecule has 150 valence electrons. The van der Waals surface area contributed by atoms with Gasteiger partial charge in [0.2, 0.25) is 11.8 Å². The maximum absolute atomic E-state index is 13.3. The molecule has 1 fully saturated rings. The second-order valence-corrected chi connectivity index (χ2v) is 8.17. The standard InChI is InChI=1S/C23H24ClN3O2/c1-14-10-20-21(11-15(14)2)27(23(29)17-7-5-9-19(17)26-20)13-22(28)25-12-16-6-3-4-8-18(16)24/h3-4,6,8,10-11,17H,5,7,9,12-13H2,1-2H3,(H,25,28)/t17-/m1/s1. The van der Waals surface area contributed by atoms with Crippen LogP contribution in [0.25, 0.3) is 0 Å². The fourth-order valence-electron chi connectivity index (χ4n) is 3.98. The number of fused-ring (bicyclic) bond motifs is 2. The van der Waals surface area contributed by atoms with E-state index in [1.165, 1.54) is 0 Å². The molecule has 2 aromatic carbocycles. The smallest absolute Gasteiger partial charge is 0.240 e. The molecule has 1 aliphatic heterocycles. The van der Waals surface area contributed by atoms with Crippen LogP contribution in [0.3, 0.4) is 0 Å². The molecule has 1 N–H and O–H groups in total. The first-order chi connectivity index (χ1) is 13.9. The number of hydrogen-bond donors (Lipinski definition) is 1.